The van der Waals surface area contributed by atoms with Gasteiger partial charge in [0, 0.05) is 10.7 Å². The minimum Gasteiger partial charge on any atom is -0.393 e. The molecule has 0 aliphatic heterocycles. The third-order valence-electron chi connectivity index (χ3n) is 1.94. The molecule has 17 heavy (non-hydrogen) atoms. The summed E-state index contributed by atoms with van der Waals surface area (Å²) in [5.74, 6) is 0.474. The second kappa shape index (κ2) is 5.91. The molecule has 7 heteroatoms. The Kier molecular flexibility index (Phi) is 4.81. The SMILES string of the molecule is Cl.Nc1c(Cl)ncnc1Nc1ccc(Cl)cc1. The van der Waals surface area contributed by atoms with Crippen LogP contribution < -0.4 is 11.1 Å². The van der Waals surface area contributed by atoms with Crippen molar-refractivity contribution < 1.29 is 0 Å². The summed E-state index contributed by atoms with van der Waals surface area (Å²) in [5.41, 5.74) is 6.86. The summed E-state index contributed by atoms with van der Waals surface area (Å²) < 4.78 is 0. The third-order valence-corrected chi connectivity index (χ3v) is 2.50. The van der Waals surface area contributed by atoms with Gasteiger partial charge in [-0.3, -0.25) is 0 Å². The number of nitrogens with two attached hydrogens (primary N) is 1. The molecule has 1 aromatic heterocycles. The summed E-state index contributed by atoms with van der Waals surface area (Å²) in [7, 11) is 0. The Morgan fingerprint density at radius 1 is 1.06 bits per heavy atom. The van der Waals surface area contributed by atoms with Crippen molar-refractivity contribution in [1.82, 2.24) is 9.97 Å². The molecule has 1 heterocycles. The van der Waals surface area contributed by atoms with E-state index in [2.05, 4.69) is 15.3 Å². The molecule has 0 spiro atoms. The van der Waals surface area contributed by atoms with Gasteiger partial charge >= 0.3 is 0 Å². The van der Waals surface area contributed by atoms with Crippen LogP contribution in [0.25, 0.3) is 0 Å². The molecule has 0 unspecified atom stereocenters. The van der Waals surface area contributed by atoms with E-state index in [4.69, 9.17) is 28.9 Å². The molecule has 3 N–H and O–H groups in total. The van der Waals surface area contributed by atoms with Crippen LogP contribution in [-0.4, -0.2) is 9.97 Å². The molecule has 0 saturated heterocycles. The summed E-state index contributed by atoms with van der Waals surface area (Å²) in [4.78, 5) is 7.76. The van der Waals surface area contributed by atoms with E-state index in [1.54, 1.807) is 12.1 Å². The molecular weight excluding hydrogens is 282 g/mol. The van der Waals surface area contributed by atoms with E-state index in [9.17, 15) is 0 Å². The molecule has 90 valence electrons. The van der Waals surface area contributed by atoms with Gasteiger partial charge in [0.15, 0.2) is 11.0 Å². The molecule has 0 bridgehead atoms. The van der Waals surface area contributed by atoms with Gasteiger partial charge in [0.05, 0.1) is 0 Å². The number of nitrogens with one attached hydrogen (secondary N) is 1. The number of benzene rings is 1. The Morgan fingerprint density at radius 2 is 1.71 bits per heavy atom. The average molecular weight is 292 g/mol. The second-order valence-electron chi connectivity index (χ2n) is 3.06. The molecule has 2 aromatic rings. The van der Waals surface area contributed by atoms with Gasteiger partial charge in [0.1, 0.15) is 12.0 Å². The van der Waals surface area contributed by atoms with Crippen molar-refractivity contribution >= 4 is 52.8 Å². The number of anilines is 3. The Hall–Kier alpha value is -1.23. The van der Waals surface area contributed by atoms with Crippen LogP contribution in [0.4, 0.5) is 17.2 Å². The Morgan fingerprint density at radius 3 is 2.35 bits per heavy atom. The first-order valence-corrected chi connectivity index (χ1v) is 5.21. The van der Waals surface area contributed by atoms with E-state index in [0.717, 1.165) is 5.69 Å². The fourth-order valence-corrected chi connectivity index (χ4v) is 1.40. The van der Waals surface area contributed by atoms with Crippen molar-refractivity contribution in [2.75, 3.05) is 11.1 Å². The van der Waals surface area contributed by atoms with Crippen molar-refractivity contribution in [3.05, 3.63) is 40.8 Å². The minimum absolute atomic E-state index is 0. The molecule has 0 aliphatic carbocycles. The zero-order valence-corrected chi connectivity index (χ0v) is 10.9. The molecule has 2 rings (SSSR count). The highest BCUT2D eigenvalue weighted by Crippen LogP contribution is 2.25. The lowest BCUT2D eigenvalue weighted by atomic mass is 10.3. The normalized spacial score (nSPS) is 9.53. The van der Waals surface area contributed by atoms with E-state index < -0.39 is 0 Å². The molecule has 0 amide bonds. The molecule has 4 nitrogen and oxygen atoms in total. The molecule has 0 radical (unpaired) electrons. The lowest BCUT2D eigenvalue weighted by Gasteiger charge is -2.08. The van der Waals surface area contributed by atoms with Crippen molar-refractivity contribution in [1.29, 1.82) is 0 Å². The molecule has 0 saturated carbocycles. The summed E-state index contributed by atoms with van der Waals surface area (Å²) in [6.45, 7) is 0. The van der Waals surface area contributed by atoms with Gasteiger partial charge in [-0.1, -0.05) is 23.2 Å². The zero-order chi connectivity index (χ0) is 11.5. The Balaban J connectivity index is 0.00000144. The first kappa shape index (κ1) is 13.8. The number of rotatable bonds is 2. The summed E-state index contributed by atoms with van der Waals surface area (Å²) in [6, 6.07) is 7.17. The Labute approximate surface area is 115 Å². The topological polar surface area (TPSA) is 63.8 Å². The minimum atomic E-state index is 0. The zero-order valence-electron chi connectivity index (χ0n) is 8.52. The van der Waals surface area contributed by atoms with Gasteiger partial charge in [-0.05, 0) is 24.3 Å². The number of nitrogens with zero attached hydrogens (tertiary/aromatic N) is 2. The fraction of sp³-hybridized carbons (Fsp3) is 0. The molecule has 0 atom stereocenters. The first-order valence-electron chi connectivity index (χ1n) is 4.45. The lowest BCUT2D eigenvalue weighted by Crippen LogP contribution is -2.00. The van der Waals surface area contributed by atoms with Crippen LogP contribution in [0, 0.1) is 0 Å². The fourth-order valence-electron chi connectivity index (χ4n) is 1.14. The number of hydrogen-bond donors (Lipinski definition) is 2. The van der Waals surface area contributed by atoms with Crippen molar-refractivity contribution in [3.63, 3.8) is 0 Å². The van der Waals surface area contributed by atoms with Crippen LogP contribution in [0.15, 0.2) is 30.6 Å². The van der Waals surface area contributed by atoms with Gasteiger partial charge in [0.2, 0.25) is 0 Å². The van der Waals surface area contributed by atoms with Crippen LogP contribution in [0.3, 0.4) is 0 Å². The molecule has 1 aromatic carbocycles. The van der Waals surface area contributed by atoms with Crippen LogP contribution in [0.5, 0.6) is 0 Å². The highest BCUT2D eigenvalue weighted by Gasteiger charge is 2.05. The van der Waals surface area contributed by atoms with Gasteiger partial charge in [0.25, 0.3) is 0 Å². The number of aromatic nitrogens is 2. The predicted molar refractivity (Wildman–Crippen MR) is 73.4 cm³/mol. The molecular formula is C10H9Cl3N4. The maximum atomic E-state index is 5.77. The summed E-state index contributed by atoms with van der Waals surface area (Å²) in [6.07, 6.45) is 1.34. The smallest absolute Gasteiger partial charge is 0.158 e. The van der Waals surface area contributed by atoms with E-state index in [1.165, 1.54) is 6.33 Å². The van der Waals surface area contributed by atoms with Crippen LogP contribution in [-0.2, 0) is 0 Å². The van der Waals surface area contributed by atoms with Gasteiger partial charge in [-0.2, -0.15) is 0 Å². The van der Waals surface area contributed by atoms with Crippen LogP contribution in [0.2, 0.25) is 10.2 Å². The summed E-state index contributed by atoms with van der Waals surface area (Å²) >= 11 is 11.5. The van der Waals surface area contributed by atoms with Crippen molar-refractivity contribution in [3.8, 4) is 0 Å². The Bertz CT molecular complexity index is 501. The van der Waals surface area contributed by atoms with Crippen LogP contribution in [0.1, 0.15) is 0 Å². The maximum Gasteiger partial charge on any atom is 0.158 e. The van der Waals surface area contributed by atoms with E-state index in [1.807, 2.05) is 12.1 Å². The van der Waals surface area contributed by atoms with Crippen LogP contribution >= 0.6 is 35.6 Å². The number of hydrogen-bond acceptors (Lipinski definition) is 4. The first-order chi connectivity index (χ1) is 7.66. The van der Waals surface area contributed by atoms with Gasteiger partial charge in [-0.25, -0.2) is 9.97 Å². The summed E-state index contributed by atoms with van der Waals surface area (Å²) in [5, 5.41) is 3.92. The van der Waals surface area contributed by atoms with E-state index >= 15 is 0 Å². The largest absolute Gasteiger partial charge is 0.393 e. The predicted octanol–water partition coefficient (Wildman–Crippen LogP) is 3.53. The quantitative estimate of drug-likeness (QED) is 0.831. The van der Waals surface area contributed by atoms with Crippen molar-refractivity contribution in [2.24, 2.45) is 0 Å². The lowest BCUT2D eigenvalue weighted by molar-refractivity contribution is 1.17. The van der Waals surface area contributed by atoms with E-state index in [-0.39, 0.29) is 17.6 Å². The standard InChI is InChI=1S/C10H8Cl2N4.ClH/c11-6-1-3-7(4-2-6)16-10-8(13)9(12)14-5-15-10;/h1-5H,13H2,(H,14,15,16);1H. The average Bonchev–Trinajstić information content (AvgIpc) is 2.28. The number of nitrogen functional groups attached to an aromatic ring is 1. The van der Waals surface area contributed by atoms with Crippen molar-refractivity contribution in [2.45, 2.75) is 0 Å². The highest BCUT2D eigenvalue weighted by molar-refractivity contribution is 6.32. The monoisotopic (exact) mass is 290 g/mol. The number of halogens is 3. The maximum absolute atomic E-state index is 5.77. The molecule has 0 aliphatic rings. The molecule has 0 fully saturated rings. The highest BCUT2D eigenvalue weighted by atomic mass is 35.5. The van der Waals surface area contributed by atoms with Gasteiger partial charge < -0.3 is 11.1 Å². The second-order valence-corrected chi connectivity index (χ2v) is 3.85. The van der Waals surface area contributed by atoms with E-state index in [0.29, 0.717) is 16.5 Å². The third kappa shape index (κ3) is 3.36. The van der Waals surface area contributed by atoms with Gasteiger partial charge in [-0.15, -0.1) is 12.4 Å².